The Labute approximate surface area is 137 Å². The maximum absolute atomic E-state index is 6.16. The van der Waals surface area contributed by atoms with Crippen LogP contribution < -0.4 is 0 Å². The van der Waals surface area contributed by atoms with Gasteiger partial charge in [-0.1, -0.05) is 39.1 Å². The van der Waals surface area contributed by atoms with E-state index in [0.717, 1.165) is 33.4 Å². The third kappa shape index (κ3) is 3.43. The highest BCUT2D eigenvalue weighted by molar-refractivity contribution is 9.10. The first-order chi connectivity index (χ1) is 9.74. The van der Waals surface area contributed by atoms with Gasteiger partial charge in [0.1, 0.15) is 11.3 Å². The van der Waals surface area contributed by atoms with E-state index in [0.29, 0.717) is 0 Å². The van der Waals surface area contributed by atoms with Crippen molar-refractivity contribution in [2.24, 2.45) is 0 Å². The van der Waals surface area contributed by atoms with Crippen molar-refractivity contribution >= 4 is 35.7 Å². The lowest BCUT2D eigenvalue weighted by atomic mass is 10.1. The highest BCUT2D eigenvalue weighted by Gasteiger charge is 2.26. The lowest BCUT2D eigenvalue weighted by Gasteiger charge is -2.29. The summed E-state index contributed by atoms with van der Waals surface area (Å²) in [6, 6.07) is 6.24. The Hall–Kier alpha value is -0.583. The molecule has 0 N–H and O–H groups in total. The van der Waals surface area contributed by atoms with Crippen LogP contribution in [0.25, 0.3) is 11.0 Å². The van der Waals surface area contributed by atoms with Crippen molar-refractivity contribution < 1.29 is 9.15 Å². The number of ether oxygens (including phenoxy) is 1. The molecule has 2 rings (SSSR count). The SMILES string of the molecule is Cc1oc2c(C(C)OCC(C)(C)[Si](C)C)cccc2c1Br. The predicted octanol–water partition coefficient (Wildman–Crippen LogP) is 6.12. The van der Waals surface area contributed by atoms with Crippen molar-refractivity contribution in [2.45, 2.75) is 51.9 Å². The van der Waals surface area contributed by atoms with E-state index >= 15 is 0 Å². The maximum Gasteiger partial charge on any atom is 0.141 e. The number of furan rings is 1. The molecule has 1 radical (unpaired) electrons. The van der Waals surface area contributed by atoms with Crippen molar-refractivity contribution in [3.8, 4) is 0 Å². The summed E-state index contributed by atoms with van der Waals surface area (Å²) in [4.78, 5) is 0. The highest BCUT2D eigenvalue weighted by atomic mass is 79.9. The Balaban J connectivity index is 2.24. The number of halogens is 1. The van der Waals surface area contributed by atoms with Crippen molar-refractivity contribution in [2.75, 3.05) is 6.61 Å². The lowest BCUT2D eigenvalue weighted by molar-refractivity contribution is 0.0503. The Bertz CT molecular complexity index is 631. The summed E-state index contributed by atoms with van der Waals surface area (Å²) in [5.41, 5.74) is 2.06. The van der Waals surface area contributed by atoms with E-state index in [1.54, 1.807) is 0 Å². The second-order valence-corrected chi connectivity index (χ2v) is 10.7. The number of rotatable bonds is 5. The Morgan fingerprint density at radius 1 is 1.33 bits per heavy atom. The van der Waals surface area contributed by atoms with Gasteiger partial charge in [-0.05, 0) is 40.9 Å². The first-order valence-electron chi connectivity index (χ1n) is 7.34. The fraction of sp³-hybridized carbons (Fsp3) is 0.529. The van der Waals surface area contributed by atoms with Gasteiger partial charge in [-0.25, -0.2) is 0 Å². The standard InChI is InChI=1S/C17H24BrO2Si/c1-11(19-10-17(3,4)21(5)6)13-8-7-9-14-15(18)12(2)20-16(13)14/h7-9,11H,10H2,1-6H3. The molecule has 0 amide bonds. The number of para-hydroxylation sites is 1. The monoisotopic (exact) mass is 367 g/mol. The molecule has 1 unspecified atom stereocenters. The van der Waals surface area contributed by atoms with Crippen LogP contribution in [0.15, 0.2) is 27.1 Å². The molecule has 0 saturated carbocycles. The fourth-order valence-corrected chi connectivity index (χ4v) is 2.88. The van der Waals surface area contributed by atoms with Gasteiger partial charge in [0.2, 0.25) is 0 Å². The topological polar surface area (TPSA) is 22.4 Å². The smallest absolute Gasteiger partial charge is 0.141 e. The summed E-state index contributed by atoms with van der Waals surface area (Å²) in [5, 5.41) is 1.39. The largest absolute Gasteiger partial charge is 0.460 e. The van der Waals surface area contributed by atoms with Gasteiger partial charge in [0.15, 0.2) is 0 Å². The lowest BCUT2D eigenvalue weighted by Crippen LogP contribution is -2.26. The van der Waals surface area contributed by atoms with E-state index in [1.165, 1.54) is 0 Å². The van der Waals surface area contributed by atoms with E-state index in [9.17, 15) is 0 Å². The van der Waals surface area contributed by atoms with Crippen molar-refractivity contribution in [1.29, 1.82) is 0 Å². The summed E-state index contributed by atoms with van der Waals surface area (Å²) in [5.74, 6) is 0.914. The van der Waals surface area contributed by atoms with Crippen molar-refractivity contribution in [1.82, 2.24) is 0 Å². The van der Waals surface area contributed by atoms with Crippen LogP contribution in [-0.2, 0) is 4.74 Å². The van der Waals surface area contributed by atoms with Gasteiger partial charge in [-0.3, -0.25) is 0 Å². The minimum absolute atomic E-state index is 0.0341. The molecule has 21 heavy (non-hydrogen) atoms. The molecule has 2 nitrogen and oxygen atoms in total. The summed E-state index contributed by atoms with van der Waals surface area (Å²) >= 11 is 3.59. The number of fused-ring (bicyclic) bond motifs is 1. The van der Waals surface area contributed by atoms with Crippen molar-refractivity contribution in [3.63, 3.8) is 0 Å². The molecule has 2 aromatic rings. The molecule has 115 valence electrons. The Morgan fingerprint density at radius 3 is 2.62 bits per heavy atom. The van der Waals surface area contributed by atoms with Gasteiger partial charge in [0.25, 0.3) is 0 Å². The second-order valence-electron chi connectivity index (χ2n) is 6.53. The highest BCUT2D eigenvalue weighted by Crippen LogP contribution is 2.37. The Morgan fingerprint density at radius 2 is 2.00 bits per heavy atom. The molecule has 0 aliphatic heterocycles. The number of aryl methyl sites for hydroxylation is 1. The molecule has 0 aliphatic carbocycles. The number of hydrogen-bond donors (Lipinski definition) is 0. The second kappa shape index (κ2) is 6.27. The van der Waals surface area contributed by atoms with Crippen LogP contribution in [0, 0.1) is 6.92 Å². The molecule has 1 aromatic carbocycles. The summed E-state index contributed by atoms with van der Waals surface area (Å²) in [6.45, 7) is 14.1. The average Bonchev–Trinajstić information content (AvgIpc) is 2.72. The molecule has 0 saturated heterocycles. The van der Waals surface area contributed by atoms with E-state index in [1.807, 2.05) is 6.92 Å². The van der Waals surface area contributed by atoms with Crippen LogP contribution in [0.1, 0.15) is 38.2 Å². The quantitative estimate of drug-likeness (QED) is 0.594. The van der Waals surface area contributed by atoms with E-state index in [4.69, 9.17) is 9.15 Å². The van der Waals surface area contributed by atoms with Gasteiger partial charge >= 0.3 is 0 Å². The fourth-order valence-electron chi connectivity index (χ4n) is 2.12. The van der Waals surface area contributed by atoms with Crippen LogP contribution in [0.5, 0.6) is 0 Å². The van der Waals surface area contributed by atoms with Crippen molar-refractivity contribution in [3.05, 3.63) is 34.0 Å². The summed E-state index contributed by atoms with van der Waals surface area (Å²) in [6.07, 6.45) is 0.0341. The molecule has 1 heterocycles. The van der Waals surface area contributed by atoms with Gasteiger partial charge in [0, 0.05) is 17.6 Å². The van der Waals surface area contributed by atoms with E-state index in [-0.39, 0.29) is 19.9 Å². The Kier molecular flexibility index (Phi) is 5.01. The van der Waals surface area contributed by atoms with Crippen LogP contribution in [-0.4, -0.2) is 15.4 Å². The molecule has 0 spiro atoms. The summed E-state index contributed by atoms with van der Waals surface area (Å²) < 4.78 is 13.1. The molecule has 4 heteroatoms. The third-order valence-corrected chi connectivity index (χ3v) is 8.17. The molecule has 0 bridgehead atoms. The molecular weight excluding hydrogens is 344 g/mol. The molecule has 0 fully saturated rings. The zero-order valence-corrected chi connectivity index (χ0v) is 16.3. The third-order valence-electron chi connectivity index (χ3n) is 4.33. The minimum atomic E-state index is -0.388. The van der Waals surface area contributed by atoms with Gasteiger partial charge in [-0.15, -0.1) is 0 Å². The number of benzene rings is 1. The van der Waals surface area contributed by atoms with Crippen LogP contribution >= 0.6 is 15.9 Å². The zero-order chi connectivity index (χ0) is 15.8. The van der Waals surface area contributed by atoms with Crippen LogP contribution in [0.4, 0.5) is 0 Å². The first-order valence-corrected chi connectivity index (χ1v) is 10.6. The molecule has 1 atom stereocenters. The van der Waals surface area contributed by atoms with E-state index < -0.39 is 0 Å². The number of hydrogen-bond acceptors (Lipinski definition) is 2. The maximum atomic E-state index is 6.16. The van der Waals surface area contributed by atoms with Gasteiger partial charge in [-0.2, -0.15) is 0 Å². The van der Waals surface area contributed by atoms with Crippen LogP contribution in [0.3, 0.4) is 0 Å². The zero-order valence-electron chi connectivity index (χ0n) is 13.7. The molecule has 1 aromatic heterocycles. The van der Waals surface area contributed by atoms with Gasteiger partial charge < -0.3 is 9.15 Å². The van der Waals surface area contributed by atoms with Crippen LogP contribution in [0.2, 0.25) is 18.1 Å². The minimum Gasteiger partial charge on any atom is -0.460 e. The van der Waals surface area contributed by atoms with Gasteiger partial charge in [0.05, 0.1) is 19.4 Å². The normalized spacial score (nSPS) is 14.1. The molecular formula is C17H24BrO2Si. The first kappa shape index (κ1) is 16.8. The predicted molar refractivity (Wildman–Crippen MR) is 94.5 cm³/mol. The summed E-state index contributed by atoms with van der Waals surface area (Å²) in [7, 11) is -0.388. The molecule has 0 aliphatic rings. The van der Waals surface area contributed by atoms with E-state index in [2.05, 4.69) is 68.0 Å². The average molecular weight is 368 g/mol.